The summed E-state index contributed by atoms with van der Waals surface area (Å²) in [5, 5.41) is 5.98. The lowest BCUT2D eigenvalue weighted by molar-refractivity contribution is 0.0521. The lowest BCUT2D eigenvalue weighted by Crippen LogP contribution is -2.37. The van der Waals surface area contributed by atoms with Gasteiger partial charge < -0.3 is 19.8 Å². The number of ether oxygens (including phenoxy) is 1. The average Bonchev–Trinajstić information content (AvgIpc) is 3.14. The fraction of sp³-hybridized carbons (Fsp3) is 0.556. The van der Waals surface area contributed by atoms with Gasteiger partial charge in [0.05, 0.1) is 17.9 Å². The molecule has 1 unspecified atom stereocenters. The maximum Gasteiger partial charge on any atom is 0.315 e. The van der Waals surface area contributed by atoms with Crippen LogP contribution in [-0.4, -0.2) is 35.2 Å². The fourth-order valence-electron chi connectivity index (χ4n) is 3.93. The van der Waals surface area contributed by atoms with Crippen LogP contribution >= 0.6 is 0 Å². The van der Waals surface area contributed by atoms with Gasteiger partial charge in [0.1, 0.15) is 5.65 Å². The number of aryl methyl sites for hydroxylation is 1. The number of imidazole rings is 1. The highest BCUT2D eigenvalue weighted by atomic mass is 16.5. The summed E-state index contributed by atoms with van der Waals surface area (Å²) < 4.78 is 7.46. The van der Waals surface area contributed by atoms with Crippen LogP contribution in [0.25, 0.3) is 5.65 Å². The minimum Gasteiger partial charge on any atom is -0.381 e. The van der Waals surface area contributed by atoms with Gasteiger partial charge in [-0.25, -0.2) is 9.78 Å². The quantitative estimate of drug-likeness (QED) is 0.904. The minimum atomic E-state index is -0.102. The van der Waals surface area contributed by atoms with Crippen LogP contribution in [0.3, 0.4) is 0 Å². The normalized spacial score (nSPS) is 21.8. The molecule has 2 N–H and O–H groups in total. The first kappa shape index (κ1) is 15.4. The molecule has 1 spiro atoms. The second-order valence-electron chi connectivity index (χ2n) is 7.01. The molecule has 6 heteroatoms. The van der Waals surface area contributed by atoms with E-state index in [0.29, 0.717) is 17.9 Å². The molecule has 6 nitrogen and oxygen atoms in total. The lowest BCUT2D eigenvalue weighted by atomic mass is 9.94. The summed E-state index contributed by atoms with van der Waals surface area (Å²) in [5.74, 6) is 0.615. The van der Waals surface area contributed by atoms with Crippen LogP contribution in [0.1, 0.15) is 30.7 Å². The molecular formula is C18H24N4O2. The molecular weight excluding hydrogens is 304 g/mol. The number of urea groups is 1. The van der Waals surface area contributed by atoms with E-state index in [1.807, 2.05) is 35.7 Å². The number of carbonyl (C=O) groups excluding carboxylic acids is 1. The Kier molecular flexibility index (Phi) is 3.92. The monoisotopic (exact) mass is 328 g/mol. The molecule has 2 aromatic rings. The van der Waals surface area contributed by atoms with Crippen molar-refractivity contribution in [2.45, 2.75) is 32.7 Å². The van der Waals surface area contributed by atoms with E-state index >= 15 is 0 Å². The Bertz CT molecular complexity index is 749. The molecule has 1 saturated heterocycles. The van der Waals surface area contributed by atoms with Crippen LogP contribution < -0.4 is 10.6 Å². The molecule has 2 aliphatic rings. The molecule has 1 saturated carbocycles. The molecule has 2 aromatic heterocycles. The third-order valence-corrected chi connectivity index (χ3v) is 5.60. The topological polar surface area (TPSA) is 67.7 Å². The number of hydrogen-bond donors (Lipinski definition) is 2. The van der Waals surface area contributed by atoms with E-state index in [-0.39, 0.29) is 6.03 Å². The number of hydrogen-bond acceptors (Lipinski definition) is 3. The Hall–Kier alpha value is -2.08. The number of fused-ring (bicyclic) bond motifs is 1. The van der Waals surface area contributed by atoms with Crippen LogP contribution in [0, 0.1) is 18.3 Å². The summed E-state index contributed by atoms with van der Waals surface area (Å²) in [5.41, 5.74) is 3.33. The fourth-order valence-corrected chi connectivity index (χ4v) is 3.93. The van der Waals surface area contributed by atoms with Crippen LogP contribution in [0.2, 0.25) is 0 Å². The van der Waals surface area contributed by atoms with E-state index in [4.69, 9.17) is 4.74 Å². The Labute approximate surface area is 141 Å². The zero-order chi connectivity index (χ0) is 16.6. The van der Waals surface area contributed by atoms with E-state index in [2.05, 4.69) is 15.6 Å². The second kappa shape index (κ2) is 6.09. The van der Waals surface area contributed by atoms with Crippen molar-refractivity contribution in [1.29, 1.82) is 0 Å². The highest BCUT2D eigenvalue weighted by molar-refractivity contribution is 5.73. The van der Waals surface area contributed by atoms with Crippen LogP contribution in [0.5, 0.6) is 0 Å². The maximum atomic E-state index is 12.1. The van der Waals surface area contributed by atoms with Gasteiger partial charge in [-0.05, 0) is 49.7 Å². The van der Waals surface area contributed by atoms with Crippen molar-refractivity contribution in [3.8, 4) is 0 Å². The summed E-state index contributed by atoms with van der Waals surface area (Å²) >= 11 is 0. The SMILES string of the molecule is Cc1nc2ccccn2c1CNC(=O)NCC1CC12CCOCC2. The number of nitrogens with one attached hydrogen (secondary N) is 2. The Balaban J connectivity index is 1.28. The van der Waals surface area contributed by atoms with Gasteiger partial charge in [-0.2, -0.15) is 0 Å². The highest BCUT2D eigenvalue weighted by Crippen LogP contribution is 2.58. The number of amides is 2. The van der Waals surface area contributed by atoms with Crippen LogP contribution in [0.4, 0.5) is 4.79 Å². The molecule has 2 amide bonds. The Morgan fingerprint density at radius 1 is 1.38 bits per heavy atom. The first-order valence-corrected chi connectivity index (χ1v) is 8.70. The maximum absolute atomic E-state index is 12.1. The first-order chi connectivity index (χ1) is 11.7. The van der Waals surface area contributed by atoms with Crippen molar-refractivity contribution in [2.24, 2.45) is 11.3 Å². The highest BCUT2D eigenvalue weighted by Gasteiger charge is 2.53. The summed E-state index contributed by atoms with van der Waals surface area (Å²) in [6.07, 6.45) is 5.48. The average molecular weight is 328 g/mol. The molecule has 4 rings (SSSR count). The zero-order valence-corrected chi connectivity index (χ0v) is 14.0. The molecule has 0 aromatic carbocycles. The van der Waals surface area contributed by atoms with Gasteiger partial charge in [0.2, 0.25) is 0 Å². The van der Waals surface area contributed by atoms with Gasteiger partial charge in [-0.3, -0.25) is 0 Å². The number of carbonyl (C=O) groups is 1. The second-order valence-corrected chi connectivity index (χ2v) is 7.01. The van der Waals surface area contributed by atoms with Crippen molar-refractivity contribution in [3.05, 3.63) is 35.8 Å². The van der Waals surface area contributed by atoms with Crippen LogP contribution in [0.15, 0.2) is 24.4 Å². The third-order valence-electron chi connectivity index (χ3n) is 5.60. The van der Waals surface area contributed by atoms with Gasteiger partial charge in [0.25, 0.3) is 0 Å². The Morgan fingerprint density at radius 3 is 3.04 bits per heavy atom. The van der Waals surface area contributed by atoms with Gasteiger partial charge >= 0.3 is 6.03 Å². The molecule has 1 atom stereocenters. The first-order valence-electron chi connectivity index (χ1n) is 8.70. The van der Waals surface area contributed by atoms with E-state index in [1.165, 1.54) is 6.42 Å². The number of pyridine rings is 1. The van der Waals surface area contributed by atoms with E-state index < -0.39 is 0 Å². The molecule has 1 aliphatic carbocycles. The van der Waals surface area contributed by atoms with E-state index in [0.717, 1.165) is 49.6 Å². The molecule has 0 radical (unpaired) electrons. The summed E-state index contributed by atoms with van der Waals surface area (Å²) in [4.78, 5) is 16.6. The summed E-state index contributed by atoms with van der Waals surface area (Å²) in [6.45, 7) is 4.96. The lowest BCUT2D eigenvalue weighted by Gasteiger charge is -2.23. The molecule has 2 fully saturated rings. The molecule has 24 heavy (non-hydrogen) atoms. The van der Waals surface area contributed by atoms with Gasteiger partial charge in [-0.1, -0.05) is 6.07 Å². The van der Waals surface area contributed by atoms with Gasteiger partial charge in [0, 0.05) is 26.0 Å². The zero-order valence-electron chi connectivity index (χ0n) is 14.0. The van der Waals surface area contributed by atoms with Crippen molar-refractivity contribution < 1.29 is 9.53 Å². The smallest absolute Gasteiger partial charge is 0.315 e. The number of nitrogens with zero attached hydrogens (tertiary/aromatic N) is 2. The minimum absolute atomic E-state index is 0.102. The largest absolute Gasteiger partial charge is 0.381 e. The van der Waals surface area contributed by atoms with Gasteiger partial charge in [-0.15, -0.1) is 0 Å². The molecule has 0 bridgehead atoms. The van der Waals surface area contributed by atoms with E-state index in [9.17, 15) is 4.79 Å². The third kappa shape index (κ3) is 2.86. The molecule has 128 valence electrons. The molecule has 1 aliphatic heterocycles. The standard InChI is InChI=1S/C18H24N4O2/c1-13-15(22-7-3-2-4-16(22)21-13)12-20-17(23)19-11-14-10-18(14)5-8-24-9-6-18/h2-4,7,14H,5-6,8-12H2,1H3,(H2,19,20,23). The predicted molar refractivity (Wildman–Crippen MR) is 90.8 cm³/mol. The van der Waals surface area contributed by atoms with Crippen molar-refractivity contribution in [1.82, 2.24) is 20.0 Å². The van der Waals surface area contributed by atoms with Crippen molar-refractivity contribution in [3.63, 3.8) is 0 Å². The van der Waals surface area contributed by atoms with E-state index in [1.54, 1.807) is 0 Å². The predicted octanol–water partition coefficient (Wildman–Crippen LogP) is 2.26. The number of rotatable bonds is 4. The Morgan fingerprint density at radius 2 is 2.21 bits per heavy atom. The van der Waals surface area contributed by atoms with Crippen molar-refractivity contribution in [2.75, 3.05) is 19.8 Å². The van der Waals surface area contributed by atoms with Crippen LogP contribution in [-0.2, 0) is 11.3 Å². The van der Waals surface area contributed by atoms with Gasteiger partial charge in [0.15, 0.2) is 0 Å². The van der Waals surface area contributed by atoms with Crippen molar-refractivity contribution >= 4 is 11.7 Å². The molecule has 3 heterocycles. The number of aromatic nitrogens is 2. The summed E-state index contributed by atoms with van der Waals surface area (Å²) in [7, 11) is 0. The summed E-state index contributed by atoms with van der Waals surface area (Å²) in [6, 6.07) is 5.80.